The van der Waals surface area contributed by atoms with E-state index in [4.69, 9.17) is 0 Å². The van der Waals surface area contributed by atoms with Gasteiger partial charge in [-0.05, 0) is 157 Å². The highest BCUT2D eigenvalue weighted by Gasteiger charge is 2.54. The van der Waals surface area contributed by atoms with Crippen LogP contribution in [0.4, 0.5) is 0 Å². The van der Waals surface area contributed by atoms with E-state index in [1.165, 1.54) is 148 Å². The standard InChI is InChI=1S/C69H41N/c1-2-20-43(21-3-1)70-62-37-19-16-27-49(62)57-40-42(38-39-63(57)70)64-51-29-8-10-31-53(51)65(54-32-11-9-30-52(54)64)58-41-59-66-50-28-7-4-22-44(50)45-23-5-13-34-56(45)68(66)69(67(59)55-33-12-6-24-46(55)58)60-35-17-14-25-47(60)48-26-15-18-36-61(48)69/h1-41H. The summed E-state index contributed by atoms with van der Waals surface area (Å²) in [6, 6.07) is 93.7. The summed E-state index contributed by atoms with van der Waals surface area (Å²) in [5, 5.41) is 15.3. The van der Waals surface area contributed by atoms with Gasteiger partial charge in [-0.15, -0.1) is 0 Å². The largest absolute Gasteiger partial charge is 0.309 e. The van der Waals surface area contributed by atoms with E-state index in [1.807, 2.05) is 0 Å². The molecule has 2 aliphatic rings. The molecule has 0 atom stereocenters. The van der Waals surface area contributed by atoms with Crippen molar-refractivity contribution in [3.05, 3.63) is 271 Å². The lowest BCUT2D eigenvalue weighted by Crippen LogP contribution is -2.26. The smallest absolute Gasteiger partial charge is 0.0737 e. The lowest BCUT2D eigenvalue weighted by Gasteiger charge is -2.33. The molecule has 2 aliphatic carbocycles. The van der Waals surface area contributed by atoms with Crippen LogP contribution in [0.25, 0.3) is 126 Å². The molecule has 1 aromatic heterocycles. The van der Waals surface area contributed by atoms with Gasteiger partial charge in [0.05, 0.1) is 16.4 Å². The van der Waals surface area contributed by atoms with Crippen LogP contribution in [0, 0.1) is 0 Å². The Balaban J connectivity index is 1.04. The number of nitrogens with zero attached hydrogens (tertiary/aromatic N) is 1. The van der Waals surface area contributed by atoms with Crippen LogP contribution >= 0.6 is 0 Å². The van der Waals surface area contributed by atoms with Crippen molar-refractivity contribution >= 4 is 75.7 Å². The molecule has 0 aliphatic heterocycles. The molecule has 0 radical (unpaired) electrons. The van der Waals surface area contributed by atoms with Gasteiger partial charge in [-0.3, -0.25) is 0 Å². The monoisotopic (exact) mass is 883 g/mol. The lowest BCUT2D eigenvalue weighted by atomic mass is 9.68. The van der Waals surface area contributed by atoms with Crippen LogP contribution in [-0.4, -0.2) is 4.57 Å². The van der Waals surface area contributed by atoms with Gasteiger partial charge in [0.1, 0.15) is 0 Å². The highest BCUT2D eigenvalue weighted by Crippen LogP contribution is 2.67. The van der Waals surface area contributed by atoms with Crippen molar-refractivity contribution in [2.24, 2.45) is 0 Å². The van der Waals surface area contributed by atoms with Gasteiger partial charge in [0, 0.05) is 16.5 Å². The molecule has 13 aromatic carbocycles. The predicted octanol–water partition coefficient (Wildman–Crippen LogP) is 18.2. The zero-order valence-electron chi connectivity index (χ0n) is 38.1. The maximum Gasteiger partial charge on any atom is 0.0737 e. The summed E-state index contributed by atoms with van der Waals surface area (Å²) >= 11 is 0. The Morgan fingerprint density at radius 3 is 1.31 bits per heavy atom. The van der Waals surface area contributed by atoms with Crippen LogP contribution in [0.5, 0.6) is 0 Å². The molecule has 1 heterocycles. The fourth-order valence-corrected chi connectivity index (χ4v) is 13.6. The van der Waals surface area contributed by atoms with Gasteiger partial charge in [0.15, 0.2) is 0 Å². The molecule has 16 rings (SSSR count). The van der Waals surface area contributed by atoms with Crippen molar-refractivity contribution in [1.29, 1.82) is 0 Å². The van der Waals surface area contributed by atoms with Gasteiger partial charge in [-0.25, -0.2) is 0 Å². The van der Waals surface area contributed by atoms with Gasteiger partial charge in [0.2, 0.25) is 0 Å². The van der Waals surface area contributed by atoms with Crippen molar-refractivity contribution in [2.45, 2.75) is 5.41 Å². The second kappa shape index (κ2) is 14.0. The highest BCUT2D eigenvalue weighted by atomic mass is 15.0. The van der Waals surface area contributed by atoms with E-state index in [1.54, 1.807) is 0 Å². The molecule has 1 spiro atoms. The maximum atomic E-state index is 2.61. The molecule has 70 heavy (non-hydrogen) atoms. The first-order valence-electron chi connectivity index (χ1n) is 24.5. The summed E-state index contributed by atoms with van der Waals surface area (Å²) < 4.78 is 2.41. The average Bonchev–Trinajstić information content (AvgIpc) is 4.05. The summed E-state index contributed by atoms with van der Waals surface area (Å²) in [6.07, 6.45) is 0. The maximum absolute atomic E-state index is 2.61. The molecule has 0 fully saturated rings. The highest BCUT2D eigenvalue weighted by molar-refractivity contribution is 6.27. The molecule has 0 bridgehead atoms. The van der Waals surface area contributed by atoms with Gasteiger partial charge in [-0.2, -0.15) is 0 Å². The van der Waals surface area contributed by atoms with Crippen LogP contribution in [0.3, 0.4) is 0 Å². The molecular weight excluding hydrogens is 843 g/mol. The summed E-state index contributed by atoms with van der Waals surface area (Å²) in [4.78, 5) is 0. The number of fused-ring (bicyclic) bond motifs is 22. The molecule has 1 heteroatoms. The Morgan fingerprint density at radius 1 is 0.243 bits per heavy atom. The fourth-order valence-electron chi connectivity index (χ4n) is 13.6. The van der Waals surface area contributed by atoms with Crippen molar-refractivity contribution < 1.29 is 0 Å². The summed E-state index contributed by atoms with van der Waals surface area (Å²) in [7, 11) is 0. The molecule has 1 nitrogen and oxygen atoms in total. The number of hydrogen-bond donors (Lipinski definition) is 0. The summed E-state index contributed by atoms with van der Waals surface area (Å²) in [5.41, 5.74) is 18.8. The molecule has 0 N–H and O–H groups in total. The van der Waals surface area contributed by atoms with Gasteiger partial charge < -0.3 is 4.57 Å². The number of aromatic nitrogens is 1. The Kier molecular flexibility index (Phi) is 7.60. The van der Waals surface area contributed by atoms with Crippen LogP contribution < -0.4 is 0 Å². The molecule has 0 saturated carbocycles. The molecule has 0 saturated heterocycles. The van der Waals surface area contributed by atoms with Crippen molar-refractivity contribution in [1.82, 2.24) is 4.57 Å². The Hall–Kier alpha value is -9.04. The molecule has 0 amide bonds. The van der Waals surface area contributed by atoms with Crippen LogP contribution in [-0.2, 0) is 5.41 Å². The Morgan fingerprint density at radius 2 is 0.686 bits per heavy atom. The topological polar surface area (TPSA) is 4.93 Å². The number of benzene rings is 13. The van der Waals surface area contributed by atoms with Gasteiger partial charge in [-0.1, -0.05) is 212 Å². The SMILES string of the molecule is c1ccc(-n2c3ccccc3c3cc(-c4c5ccccc5c(-c5cc6c(c7ccccc57)C5(c7ccccc7-c7ccccc75)c5c-6c6ccccc6c6ccccc56)c5ccccc45)ccc32)cc1. The first-order chi connectivity index (χ1) is 34.8. The molecule has 322 valence electrons. The third kappa shape index (κ3) is 4.76. The fraction of sp³-hybridized carbons (Fsp3) is 0.0145. The number of hydrogen-bond acceptors (Lipinski definition) is 0. The number of para-hydroxylation sites is 2. The minimum atomic E-state index is -0.546. The quantitative estimate of drug-likeness (QED) is 0.123. The van der Waals surface area contributed by atoms with E-state index in [0.29, 0.717) is 0 Å². The lowest BCUT2D eigenvalue weighted by molar-refractivity contribution is 0.809. The first kappa shape index (κ1) is 38.0. The van der Waals surface area contributed by atoms with Crippen LogP contribution in [0.2, 0.25) is 0 Å². The molecule has 0 unspecified atom stereocenters. The van der Waals surface area contributed by atoms with Gasteiger partial charge in [0.25, 0.3) is 0 Å². The predicted molar refractivity (Wildman–Crippen MR) is 295 cm³/mol. The second-order valence-electron chi connectivity index (χ2n) is 19.3. The van der Waals surface area contributed by atoms with E-state index >= 15 is 0 Å². The van der Waals surface area contributed by atoms with Crippen LogP contribution in [0.1, 0.15) is 22.3 Å². The molecule has 14 aromatic rings. The van der Waals surface area contributed by atoms with Crippen molar-refractivity contribution in [2.75, 3.05) is 0 Å². The Bertz CT molecular complexity index is 4490. The van der Waals surface area contributed by atoms with Gasteiger partial charge >= 0.3 is 0 Å². The minimum absolute atomic E-state index is 0.546. The third-order valence-corrected chi connectivity index (χ3v) is 16.1. The van der Waals surface area contributed by atoms with E-state index < -0.39 is 5.41 Å². The summed E-state index contributed by atoms with van der Waals surface area (Å²) in [6.45, 7) is 0. The second-order valence-corrected chi connectivity index (χ2v) is 19.3. The summed E-state index contributed by atoms with van der Waals surface area (Å²) in [5.74, 6) is 0. The zero-order valence-corrected chi connectivity index (χ0v) is 38.1. The van der Waals surface area contributed by atoms with E-state index in [-0.39, 0.29) is 0 Å². The normalized spacial score (nSPS) is 13.3. The van der Waals surface area contributed by atoms with Crippen molar-refractivity contribution in [3.63, 3.8) is 0 Å². The van der Waals surface area contributed by atoms with E-state index in [2.05, 4.69) is 253 Å². The average molecular weight is 884 g/mol. The first-order valence-corrected chi connectivity index (χ1v) is 24.5. The molecular formula is C69H41N. The van der Waals surface area contributed by atoms with E-state index in [0.717, 1.165) is 0 Å². The third-order valence-electron chi connectivity index (χ3n) is 16.1. The minimum Gasteiger partial charge on any atom is -0.309 e. The van der Waals surface area contributed by atoms with Crippen molar-refractivity contribution in [3.8, 4) is 50.2 Å². The number of rotatable bonds is 3. The zero-order chi connectivity index (χ0) is 45.7. The van der Waals surface area contributed by atoms with Crippen LogP contribution in [0.15, 0.2) is 249 Å². The Labute approximate surface area is 404 Å². The van der Waals surface area contributed by atoms with E-state index in [9.17, 15) is 0 Å².